The minimum Gasteiger partial charge on any atom is -0.480 e. The molecule has 0 unspecified atom stereocenters. The quantitative estimate of drug-likeness (QED) is 0.231. The van der Waals surface area contributed by atoms with E-state index >= 15 is 0 Å². The summed E-state index contributed by atoms with van der Waals surface area (Å²) in [6.07, 6.45) is 0. The number of halogens is 1. The van der Waals surface area contributed by atoms with E-state index in [-0.39, 0.29) is 12.5 Å². The van der Waals surface area contributed by atoms with Crippen LogP contribution in [0.1, 0.15) is 0 Å². The van der Waals surface area contributed by atoms with Gasteiger partial charge in [-0.3, -0.25) is 4.79 Å². The Hall–Kier alpha value is -0.780. The van der Waals surface area contributed by atoms with Gasteiger partial charge in [0.1, 0.15) is 13.2 Å². The zero-order valence-corrected chi connectivity index (χ0v) is 15.3. The van der Waals surface area contributed by atoms with Crippen molar-refractivity contribution in [3.05, 3.63) is 0 Å². The van der Waals surface area contributed by atoms with E-state index in [1.54, 1.807) is 0 Å². The second-order valence-electron chi connectivity index (χ2n) is 4.37. The van der Waals surface area contributed by atoms with Crippen LogP contribution in [0.3, 0.4) is 0 Å². The Balaban J connectivity index is 3.12. The molecule has 0 aliphatic heterocycles. The van der Waals surface area contributed by atoms with Crippen molar-refractivity contribution in [2.75, 3.05) is 77.9 Å². The molecular formula is C14H26BrNO8. The molecule has 24 heavy (non-hydrogen) atoms. The van der Waals surface area contributed by atoms with Crippen molar-refractivity contribution < 1.29 is 38.4 Å². The Morgan fingerprint density at radius 2 is 1.25 bits per heavy atom. The fraction of sp³-hybridized carbons (Fsp3) is 0.857. The molecule has 2 N–H and O–H groups in total. The molecule has 0 bridgehead atoms. The Bertz CT molecular complexity index is 319. The molecule has 0 aliphatic carbocycles. The Labute approximate surface area is 150 Å². The minimum absolute atomic E-state index is 0.281. The first kappa shape index (κ1) is 23.2. The first-order chi connectivity index (χ1) is 11.7. The van der Waals surface area contributed by atoms with Crippen molar-refractivity contribution in [3.8, 4) is 0 Å². The Morgan fingerprint density at radius 1 is 0.750 bits per heavy atom. The average molecular weight is 416 g/mol. The topological polar surface area (TPSA) is 113 Å². The van der Waals surface area contributed by atoms with E-state index in [0.717, 1.165) is 5.33 Å². The number of carbonyl (C=O) groups is 2. The Kier molecular flexibility index (Phi) is 18.0. The van der Waals surface area contributed by atoms with Gasteiger partial charge in [-0.2, -0.15) is 0 Å². The maximum Gasteiger partial charge on any atom is 0.329 e. The number of amides is 1. The number of hydrogen-bond acceptors (Lipinski definition) is 7. The van der Waals surface area contributed by atoms with E-state index in [0.29, 0.717) is 59.4 Å². The molecule has 0 saturated heterocycles. The van der Waals surface area contributed by atoms with Gasteiger partial charge in [0.05, 0.1) is 52.9 Å². The number of aliphatic carboxylic acids is 1. The highest BCUT2D eigenvalue weighted by molar-refractivity contribution is 9.09. The van der Waals surface area contributed by atoms with Crippen LogP contribution in [0.4, 0.5) is 0 Å². The molecule has 0 rings (SSSR count). The van der Waals surface area contributed by atoms with Crippen LogP contribution in [0.15, 0.2) is 0 Å². The van der Waals surface area contributed by atoms with E-state index in [2.05, 4.69) is 26.0 Å². The molecule has 0 aromatic heterocycles. The van der Waals surface area contributed by atoms with E-state index in [1.807, 2.05) is 0 Å². The molecule has 142 valence electrons. The molecular weight excluding hydrogens is 390 g/mol. The maximum absolute atomic E-state index is 11.2. The van der Waals surface area contributed by atoms with Crippen molar-refractivity contribution in [2.45, 2.75) is 0 Å². The van der Waals surface area contributed by atoms with Crippen molar-refractivity contribution in [2.24, 2.45) is 0 Å². The summed E-state index contributed by atoms with van der Waals surface area (Å²) < 4.78 is 25.7. The van der Waals surface area contributed by atoms with Gasteiger partial charge in [-0.25, -0.2) is 4.79 Å². The average Bonchev–Trinajstić information content (AvgIpc) is 2.55. The second-order valence-corrected chi connectivity index (χ2v) is 5.17. The molecule has 10 heteroatoms. The molecule has 0 aliphatic rings. The number of carboxylic acids is 1. The minimum atomic E-state index is -1.11. The zero-order chi connectivity index (χ0) is 17.9. The lowest BCUT2D eigenvalue weighted by atomic mass is 10.6. The summed E-state index contributed by atoms with van der Waals surface area (Å²) >= 11 is 3.26. The van der Waals surface area contributed by atoms with E-state index in [4.69, 9.17) is 24.1 Å². The van der Waals surface area contributed by atoms with Crippen LogP contribution in [0.5, 0.6) is 0 Å². The summed E-state index contributed by atoms with van der Waals surface area (Å²) in [7, 11) is 0. The molecule has 0 saturated carbocycles. The number of carbonyl (C=O) groups excluding carboxylic acids is 1. The normalized spacial score (nSPS) is 10.7. The van der Waals surface area contributed by atoms with Crippen LogP contribution < -0.4 is 5.32 Å². The van der Waals surface area contributed by atoms with Gasteiger partial charge < -0.3 is 34.1 Å². The third kappa shape index (κ3) is 19.3. The van der Waals surface area contributed by atoms with Crippen molar-refractivity contribution in [1.29, 1.82) is 0 Å². The van der Waals surface area contributed by atoms with Gasteiger partial charge in [0.15, 0.2) is 0 Å². The van der Waals surface area contributed by atoms with Crippen molar-refractivity contribution >= 4 is 27.8 Å². The van der Waals surface area contributed by atoms with Crippen LogP contribution in [-0.2, 0) is 33.3 Å². The van der Waals surface area contributed by atoms with Gasteiger partial charge in [-0.15, -0.1) is 0 Å². The van der Waals surface area contributed by atoms with Crippen LogP contribution in [0, 0.1) is 0 Å². The number of hydrogen-bond donors (Lipinski definition) is 2. The first-order valence-electron chi connectivity index (χ1n) is 7.60. The number of alkyl halides is 1. The lowest BCUT2D eigenvalue weighted by Crippen LogP contribution is -2.31. The van der Waals surface area contributed by atoms with Crippen LogP contribution in [0.25, 0.3) is 0 Å². The predicted molar refractivity (Wildman–Crippen MR) is 88.5 cm³/mol. The number of carboxylic acid groups (broad SMARTS) is 1. The standard InChI is InChI=1S/C14H26BrNO8/c15-1-3-20-5-7-22-9-10-23-8-6-21-4-2-16-13(17)11-24-12-14(18)19/h1-12H2,(H,16,17)(H,18,19). The molecule has 0 aromatic rings. The van der Waals surface area contributed by atoms with Gasteiger partial charge >= 0.3 is 5.97 Å². The summed E-state index contributed by atoms with van der Waals surface area (Å²) in [5, 5.41) is 11.7. The molecule has 9 nitrogen and oxygen atoms in total. The van der Waals surface area contributed by atoms with Gasteiger partial charge in [-0.1, -0.05) is 15.9 Å². The predicted octanol–water partition coefficient (Wildman–Crippen LogP) is -0.335. The molecule has 0 heterocycles. The highest BCUT2D eigenvalue weighted by Gasteiger charge is 2.02. The van der Waals surface area contributed by atoms with Gasteiger partial charge in [0.25, 0.3) is 0 Å². The lowest BCUT2D eigenvalue weighted by molar-refractivity contribution is -0.143. The monoisotopic (exact) mass is 415 g/mol. The van der Waals surface area contributed by atoms with Crippen molar-refractivity contribution in [3.63, 3.8) is 0 Å². The number of nitrogens with one attached hydrogen (secondary N) is 1. The highest BCUT2D eigenvalue weighted by atomic mass is 79.9. The van der Waals surface area contributed by atoms with E-state index < -0.39 is 12.6 Å². The zero-order valence-electron chi connectivity index (χ0n) is 13.7. The Morgan fingerprint density at radius 3 is 1.75 bits per heavy atom. The SMILES string of the molecule is O=C(O)COCC(=O)NCCOCCOCCOCCOCCBr. The second kappa shape index (κ2) is 18.6. The summed E-state index contributed by atoms with van der Waals surface area (Å²) in [6.45, 7) is 3.54. The van der Waals surface area contributed by atoms with Gasteiger partial charge in [0, 0.05) is 11.9 Å². The molecule has 0 fully saturated rings. The lowest BCUT2D eigenvalue weighted by Gasteiger charge is -2.08. The smallest absolute Gasteiger partial charge is 0.329 e. The molecule has 0 spiro atoms. The largest absolute Gasteiger partial charge is 0.480 e. The van der Waals surface area contributed by atoms with Gasteiger partial charge in [0.2, 0.25) is 5.91 Å². The summed E-state index contributed by atoms with van der Waals surface area (Å²) in [5.74, 6) is -1.49. The molecule has 0 atom stereocenters. The number of ether oxygens (including phenoxy) is 5. The first-order valence-corrected chi connectivity index (χ1v) is 8.72. The van der Waals surface area contributed by atoms with Crippen molar-refractivity contribution in [1.82, 2.24) is 5.32 Å². The van der Waals surface area contributed by atoms with Crippen LogP contribution in [-0.4, -0.2) is 94.9 Å². The maximum atomic E-state index is 11.2. The molecule has 0 aromatic carbocycles. The number of rotatable bonds is 18. The fourth-order valence-corrected chi connectivity index (χ4v) is 1.59. The third-order valence-electron chi connectivity index (χ3n) is 2.36. The van der Waals surface area contributed by atoms with E-state index in [9.17, 15) is 9.59 Å². The summed E-state index contributed by atoms with van der Waals surface area (Å²) in [5.41, 5.74) is 0. The molecule has 1 amide bonds. The fourth-order valence-electron chi connectivity index (χ4n) is 1.36. The van der Waals surface area contributed by atoms with E-state index in [1.165, 1.54) is 0 Å². The summed E-state index contributed by atoms with van der Waals surface area (Å²) in [4.78, 5) is 21.4. The molecule has 0 radical (unpaired) electrons. The van der Waals surface area contributed by atoms with Crippen LogP contribution >= 0.6 is 15.9 Å². The van der Waals surface area contributed by atoms with Gasteiger partial charge in [-0.05, 0) is 0 Å². The highest BCUT2D eigenvalue weighted by Crippen LogP contribution is 1.84. The third-order valence-corrected chi connectivity index (χ3v) is 2.69. The summed E-state index contributed by atoms with van der Waals surface area (Å²) in [6, 6.07) is 0. The van der Waals surface area contributed by atoms with Crippen LogP contribution in [0.2, 0.25) is 0 Å².